The van der Waals surface area contributed by atoms with Gasteiger partial charge in [-0.15, -0.1) is 0 Å². The number of hydrogen-bond acceptors (Lipinski definition) is 8. The van der Waals surface area contributed by atoms with Crippen molar-refractivity contribution in [1.82, 2.24) is 9.88 Å². The minimum Gasteiger partial charge on any atom is -0.384 e. The first kappa shape index (κ1) is 25.3. The molecule has 1 unspecified atom stereocenters. The number of rotatable bonds is 5. The number of hydrogen-bond donors (Lipinski definition) is 2. The van der Waals surface area contributed by atoms with Crippen LogP contribution in [0.25, 0.3) is 0 Å². The number of nitriles is 1. The minimum absolute atomic E-state index is 0.0327. The lowest BCUT2D eigenvalue weighted by Gasteiger charge is -2.35. The Balaban J connectivity index is 1.59. The number of nitrogens with zero attached hydrogens (tertiary/aromatic N) is 4. The molecular formula is C22H22F3N5O3S. The predicted molar refractivity (Wildman–Crippen MR) is 119 cm³/mol. The summed E-state index contributed by atoms with van der Waals surface area (Å²) in [5.74, 6) is 2.87. The standard InChI is InChI=1S/C22H22F3N5O3S/c23-22(24,25)21(31,8-9-26)17-2-4-18(5-3-17)30-13-11-29(12-14-30)10-1-15-34(32,33)19-6-7-20(27)28-16-19/h2-7,16,31H,8,10-14H2,(H2,27,28). The van der Waals surface area contributed by atoms with Crippen molar-refractivity contribution in [2.45, 2.75) is 23.1 Å². The van der Waals surface area contributed by atoms with E-state index in [2.05, 4.69) is 16.2 Å². The first-order chi connectivity index (χ1) is 16.0. The third-order valence-electron chi connectivity index (χ3n) is 5.46. The molecule has 0 spiro atoms. The van der Waals surface area contributed by atoms with Crippen LogP contribution in [0.15, 0.2) is 47.5 Å². The maximum Gasteiger partial charge on any atom is 0.422 e. The Morgan fingerprint density at radius 3 is 2.26 bits per heavy atom. The van der Waals surface area contributed by atoms with E-state index in [0.29, 0.717) is 31.9 Å². The summed E-state index contributed by atoms with van der Waals surface area (Å²) in [4.78, 5) is 7.64. The summed E-state index contributed by atoms with van der Waals surface area (Å²) in [5, 5.41) is 21.0. The second kappa shape index (κ2) is 9.89. The Bertz CT molecular complexity index is 1210. The van der Waals surface area contributed by atoms with Crippen molar-refractivity contribution in [3.63, 3.8) is 0 Å². The Hall–Kier alpha value is -3.32. The Labute approximate surface area is 195 Å². The molecule has 3 rings (SSSR count). The Morgan fingerprint density at radius 1 is 1.09 bits per heavy atom. The summed E-state index contributed by atoms with van der Waals surface area (Å²) in [7, 11) is -3.80. The molecule has 1 aliphatic heterocycles. The summed E-state index contributed by atoms with van der Waals surface area (Å²) in [6.45, 7) is 2.48. The molecule has 1 aromatic heterocycles. The summed E-state index contributed by atoms with van der Waals surface area (Å²) < 4.78 is 64.3. The van der Waals surface area contributed by atoms with Gasteiger partial charge in [0.25, 0.3) is 0 Å². The molecule has 0 amide bonds. The van der Waals surface area contributed by atoms with Crippen LogP contribution in [-0.2, 0) is 15.4 Å². The summed E-state index contributed by atoms with van der Waals surface area (Å²) in [6.07, 6.45) is -4.92. The number of nitrogen functional groups attached to an aromatic ring is 1. The number of nitrogens with two attached hydrogens (primary N) is 1. The van der Waals surface area contributed by atoms with Gasteiger partial charge < -0.3 is 15.7 Å². The van der Waals surface area contributed by atoms with Crippen LogP contribution in [0.4, 0.5) is 24.7 Å². The zero-order valence-electron chi connectivity index (χ0n) is 18.0. The zero-order chi connectivity index (χ0) is 25.0. The van der Waals surface area contributed by atoms with E-state index in [0.717, 1.165) is 6.20 Å². The molecule has 1 aliphatic rings. The topological polar surface area (TPSA) is 124 Å². The molecule has 8 nitrogen and oxygen atoms in total. The molecule has 1 saturated heterocycles. The van der Waals surface area contributed by atoms with Gasteiger partial charge in [0.1, 0.15) is 5.82 Å². The van der Waals surface area contributed by atoms with Crippen molar-refractivity contribution in [3.8, 4) is 17.2 Å². The molecule has 1 aromatic carbocycles. The van der Waals surface area contributed by atoms with E-state index in [4.69, 9.17) is 11.0 Å². The number of pyridine rings is 1. The van der Waals surface area contributed by atoms with Crippen LogP contribution >= 0.6 is 0 Å². The molecule has 34 heavy (non-hydrogen) atoms. The molecule has 2 heterocycles. The molecule has 0 saturated carbocycles. The van der Waals surface area contributed by atoms with Crippen LogP contribution in [0.5, 0.6) is 0 Å². The Kier molecular flexibility index (Phi) is 7.36. The maximum absolute atomic E-state index is 13.3. The van der Waals surface area contributed by atoms with Gasteiger partial charge in [-0.2, -0.15) is 18.4 Å². The third-order valence-corrected chi connectivity index (χ3v) is 6.74. The van der Waals surface area contributed by atoms with Crippen molar-refractivity contribution in [3.05, 3.63) is 48.2 Å². The van der Waals surface area contributed by atoms with E-state index in [1.165, 1.54) is 42.5 Å². The zero-order valence-corrected chi connectivity index (χ0v) is 18.8. The van der Waals surface area contributed by atoms with E-state index in [-0.39, 0.29) is 17.3 Å². The average Bonchev–Trinajstić information content (AvgIpc) is 2.79. The smallest absolute Gasteiger partial charge is 0.384 e. The maximum atomic E-state index is 13.3. The molecule has 3 N–H and O–H groups in total. The highest BCUT2D eigenvalue weighted by Gasteiger charge is 2.54. The van der Waals surface area contributed by atoms with Crippen LogP contribution in [0.2, 0.25) is 0 Å². The fourth-order valence-corrected chi connectivity index (χ4v) is 4.25. The summed E-state index contributed by atoms with van der Waals surface area (Å²) in [6, 6.07) is 9.42. The molecular weight excluding hydrogens is 471 g/mol. The van der Waals surface area contributed by atoms with Crippen molar-refractivity contribution in [2.24, 2.45) is 0 Å². The van der Waals surface area contributed by atoms with E-state index < -0.39 is 33.6 Å². The van der Waals surface area contributed by atoms with Gasteiger partial charge in [-0.25, -0.2) is 13.4 Å². The molecule has 1 atom stereocenters. The van der Waals surface area contributed by atoms with E-state index in [1.54, 1.807) is 0 Å². The van der Waals surface area contributed by atoms with E-state index in [1.807, 2.05) is 9.80 Å². The van der Waals surface area contributed by atoms with Gasteiger partial charge in [-0.05, 0) is 29.8 Å². The second-order valence-corrected chi connectivity index (χ2v) is 9.39. The van der Waals surface area contributed by atoms with Gasteiger partial charge >= 0.3 is 6.18 Å². The molecule has 12 heteroatoms. The monoisotopic (exact) mass is 493 g/mol. The van der Waals surface area contributed by atoms with Crippen LogP contribution in [0, 0.1) is 22.5 Å². The molecule has 180 valence electrons. The second-order valence-electron chi connectivity index (χ2n) is 7.70. The minimum atomic E-state index is -4.98. The first-order valence-electron chi connectivity index (χ1n) is 10.2. The lowest BCUT2D eigenvalue weighted by Crippen LogP contribution is -2.46. The normalized spacial score (nSPS) is 16.7. The number of piperazine rings is 1. The first-order valence-corrected chi connectivity index (χ1v) is 11.6. The highest BCUT2D eigenvalue weighted by atomic mass is 32.2. The molecule has 0 bridgehead atoms. The number of aromatic nitrogens is 1. The Morgan fingerprint density at radius 2 is 1.74 bits per heavy atom. The average molecular weight is 494 g/mol. The van der Waals surface area contributed by atoms with Crippen molar-refractivity contribution in [1.29, 1.82) is 5.26 Å². The number of anilines is 2. The quantitative estimate of drug-likeness (QED) is 0.478. The van der Waals surface area contributed by atoms with Gasteiger partial charge in [0.2, 0.25) is 9.84 Å². The summed E-state index contributed by atoms with van der Waals surface area (Å²) >= 11 is 0. The van der Waals surface area contributed by atoms with Gasteiger partial charge in [0.05, 0.1) is 23.9 Å². The number of aliphatic hydroxyl groups is 1. The highest BCUT2D eigenvalue weighted by molar-refractivity contribution is 7.96. The van der Waals surface area contributed by atoms with Crippen molar-refractivity contribution in [2.75, 3.05) is 43.4 Å². The lowest BCUT2D eigenvalue weighted by atomic mass is 9.90. The van der Waals surface area contributed by atoms with Crippen molar-refractivity contribution >= 4 is 21.3 Å². The molecule has 0 radical (unpaired) electrons. The van der Waals surface area contributed by atoms with Crippen LogP contribution in [0.1, 0.15) is 12.0 Å². The molecule has 2 aromatic rings. The summed E-state index contributed by atoms with van der Waals surface area (Å²) in [5.41, 5.74) is 2.52. The third kappa shape index (κ3) is 5.59. The predicted octanol–water partition coefficient (Wildman–Crippen LogP) is 1.88. The highest BCUT2D eigenvalue weighted by Crippen LogP contribution is 2.41. The van der Waals surface area contributed by atoms with Crippen LogP contribution < -0.4 is 10.6 Å². The van der Waals surface area contributed by atoms with Gasteiger partial charge in [0, 0.05) is 43.3 Å². The van der Waals surface area contributed by atoms with E-state index >= 15 is 0 Å². The van der Waals surface area contributed by atoms with Gasteiger partial charge in [0.15, 0.2) is 5.60 Å². The molecule has 1 fully saturated rings. The largest absolute Gasteiger partial charge is 0.422 e. The number of alkyl halides is 3. The van der Waals surface area contributed by atoms with E-state index in [9.17, 15) is 26.7 Å². The number of halogens is 3. The van der Waals surface area contributed by atoms with Gasteiger partial charge in [-0.3, -0.25) is 4.90 Å². The van der Waals surface area contributed by atoms with Crippen LogP contribution in [-0.4, -0.2) is 62.3 Å². The fraction of sp³-hybridized carbons (Fsp3) is 0.364. The van der Waals surface area contributed by atoms with Crippen molar-refractivity contribution < 1.29 is 26.7 Å². The SMILES string of the molecule is N#CCC(O)(c1ccc(N2CCN(CC#CS(=O)(=O)c3ccc(N)nc3)CC2)cc1)C(F)(F)F. The van der Waals surface area contributed by atoms with Gasteiger partial charge in [-0.1, -0.05) is 18.1 Å². The number of benzene rings is 1. The lowest BCUT2D eigenvalue weighted by molar-refractivity contribution is -0.264. The van der Waals surface area contributed by atoms with Crippen LogP contribution in [0.3, 0.4) is 0 Å². The molecule has 0 aliphatic carbocycles. The fourth-order valence-electron chi connectivity index (χ4n) is 3.44. The number of sulfone groups is 1.